The fourth-order valence-electron chi connectivity index (χ4n) is 1.83. The molecule has 0 bridgehead atoms. The number of fused-ring (bicyclic) bond motifs is 1. The smallest absolute Gasteiger partial charge is 0.128 e. The van der Waals surface area contributed by atoms with E-state index in [-0.39, 0.29) is 11.4 Å². The fourth-order valence-corrected chi connectivity index (χ4v) is 1.83. The van der Waals surface area contributed by atoms with Gasteiger partial charge in [0.15, 0.2) is 0 Å². The molecule has 0 saturated carbocycles. The third-order valence-corrected chi connectivity index (χ3v) is 2.33. The number of hydrogen-bond donors (Lipinski definition) is 1. The van der Waals surface area contributed by atoms with Crippen molar-refractivity contribution in [3.05, 3.63) is 29.8 Å². The molecule has 74 valence electrons. The Kier molecular flexibility index (Phi) is 1.81. The Bertz CT molecular complexity index is 403. The lowest BCUT2D eigenvalue weighted by molar-refractivity contribution is 0.158. The van der Waals surface area contributed by atoms with Crippen LogP contribution < -0.4 is 4.74 Å². The molecular formula is C12H14O2. The Morgan fingerprint density at radius 2 is 2.00 bits per heavy atom. The summed E-state index contributed by atoms with van der Waals surface area (Å²) < 4.78 is 5.76. The van der Waals surface area contributed by atoms with E-state index in [1.165, 1.54) is 0 Å². The number of allylic oxidation sites excluding steroid dienone is 1. The van der Waals surface area contributed by atoms with Crippen molar-refractivity contribution in [1.29, 1.82) is 0 Å². The normalized spacial score (nSPS) is 18.1. The summed E-state index contributed by atoms with van der Waals surface area (Å²) in [5.41, 5.74) is 1.87. The molecule has 0 aliphatic carbocycles. The van der Waals surface area contributed by atoms with Crippen molar-refractivity contribution in [2.75, 3.05) is 0 Å². The largest absolute Gasteiger partial charge is 0.508 e. The van der Waals surface area contributed by atoms with Crippen molar-refractivity contribution >= 4 is 5.57 Å². The van der Waals surface area contributed by atoms with Gasteiger partial charge in [0, 0.05) is 5.56 Å². The van der Waals surface area contributed by atoms with Gasteiger partial charge in [0.2, 0.25) is 0 Å². The van der Waals surface area contributed by atoms with Gasteiger partial charge in [0.05, 0.1) is 0 Å². The summed E-state index contributed by atoms with van der Waals surface area (Å²) in [6.45, 7) is 6.07. The summed E-state index contributed by atoms with van der Waals surface area (Å²) in [7, 11) is 0. The maximum Gasteiger partial charge on any atom is 0.128 e. The van der Waals surface area contributed by atoms with Crippen LogP contribution >= 0.6 is 0 Å². The molecule has 0 saturated heterocycles. The van der Waals surface area contributed by atoms with Crippen molar-refractivity contribution in [2.45, 2.75) is 26.4 Å². The van der Waals surface area contributed by atoms with Gasteiger partial charge in [-0.2, -0.15) is 0 Å². The second-order valence-electron chi connectivity index (χ2n) is 4.21. The van der Waals surface area contributed by atoms with Crippen LogP contribution in [0.2, 0.25) is 0 Å². The van der Waals surface area contributed by atoms with Crippen molar-refractivity contribution in [3.63, 3.8) is 0 Å². The molecule has 1 N–H and O–H groups in total. The van der Waals surface area contributed by atoms with Gasteiger partial charge in [-0.15, -0.1) is 0 Å². The molecule has 1 aromatic rings. The Balaban J connectivity index is 2.56. The molecular weight excluding hydrogens is 176 g/mol. The zero-order valence-electron chi connectivity index (χ0n) is 8.66. The quantitative estimate of drug-likeness (QED) is 0.681. The maximum absolute atomic E-state index is 9.35. The topological polar surface area (TPSA) is 29.5 Å². The second-order valence-corrected chi connectivity index (χ2v) is 4.21. The highest BCUT2D eigenvalue weighted by atomic mass is 16.5. The maximum atomic E-state index is 9.35. The lowest BCUT2D eigenvalue weighted by Gasteiger charge is -2.30. The van der Waals surface area contributed by atoms with Gasteiger partial charge < -0.3 is 9.84 Å². The average Bonchev–Trinajstić information content (AvgIpc) is 2.05. The molecule has 0 radical (unpaired) electrons. The molecule has 0 atom stereocenters. The molecule has 14 heavy (non-hydrogen) atoms. The van der Waals surface area contributed by atoms with Crippen molar-refractivity contribution in [1.82, 2.24) is 0 Å². The molecule has 2 heteroatoms. The molecule has 2 nitrogen and oxygen atoms in total. The summed E-state index contributed by atoms with van der Waals surface area (Å²) in [4.78, 5) is 0. The SMILES string of the molecule is CC1=CC(C)(C)Oc2ccc(O)cc21. The third-order valence-electron chi connectivity index (χ3n) is 2.33. The van der Waals surface area contributed by atoms with Crippen LogP contribution in [0.25, 0.3) is 5.57 Å². The minimum absolute atomic E-state index is 0.256. The predicted octanol–water partition coefficient (Wildman–Crippen LogP) is 2.97. The fraction of sp³-hybridized carbons (Fsp3) is 0.333. The number of aromatic hydroxyl groups is 1. The van der Waals surface area contributed by atoms with Crippen LogP contribution in [0.5, 0.6) is 11.5 Å². The van der Waals surface area contributed by atoms with Crippen molar-refractivity contribution in [3.8, 4) is 11.5 Å². The van der Waals surface area contributed by atoms with E-state index < -0.39 is 0 Å². The minimum atomic E-state index is -0.256. The molecule has 0 spiro atoms. The van der Waals surface area contributed by atoms with Gasteiger partial charge in [-0.25, -0.2) is 0 Å². The zero-order chi connectivity index (χ0) is 10.3. The zero-order valence-corrected chi connectivity index (χ0v) is 8.66. The number of benzene rings is 1. The van der Waals surface area contributed by atoms with E-state index in [1.54, 1.807) is 12.1 Å². The number of phenols is 1. The van der Waals surface area contributed by atoms with E-state index in [0.29, 0.717) is 0 Å². The molecule has 0 aromatic heterocycles. The van der Waals surface area contributed by atoms with Crippen molar-refractivity contribution in [2.24, 2.45) is 0 Å². The summed E-state index contributed by atoms with van der Waals surface area (Å²) >= 11 is 0. The standard InChI is InChI=1S/C12H14O2/c1-8-7-12(2,3)14-11-5-4-9(13)6-10(8)11/h4-7,13H,1-3H3. The van der Waals surface area contributed by atoms with Crippen LogP contribution in [-0.2, 0) is 0 Å². The first-order chi connectivity index (χ1) is 6.48. The van der Waals surface area contributed by atoms with Crippen LogP contribution in [0.15, 0.2) is 24.3 Å². The van der Waals surface area contributed by atoms with E-state index in [4.69, 9.17) is 4.74 Å². The summed E-state index contributed by atoms with van der Waals surface area (Å²) in [6.07, 6.45) is 2.06. The lowest BCUT2D eigenvalue weighted by Crippen LogP contribution is -2.28. The molecule has 0 unspecified atom stereocenters. The van der Waals surface area contributed by atoms with Gasteiger partial charge >= 0.3 is 0 Å². The number of rotatable bonds is 0. The first-order valence-corrected chi connectivity index (χ1v) is 4.70. The summed E-state index contributed by atoms with van der Waals surface area (Å²) in [5, 5.41) is 9.35. The van der Waals surface area contributed by atoms with Crippen molar-refractivity contribution < 1.29 is 9.84 Å². The Morgan fingerprint density at radius 1 is 1.29 bits per heavy atom. The predicted molar refractivity (Wildman–Crippen MR) is 56.5 cm³/mol. The highest BCUT2D eigenvalue weighted by Crippen LogP contribution is 2.37. The molecule has 1 aliphatic rings. The molecule has 1 heterocycles. The number of ether oxygens (including phenoxy) is 1. The van der Waals surface area contributed by atoms with Crippen LogP contribution in [-0.4, -0.2) is 10.7 Å². The van der Waals surface area contributed by atoms with Crippen LogP contribution in [0, 0.1) is 0 Å². The first-order valence-electron chi connectivity index (χ1n) is 4.70. The summed E-state index contributed by atoms with van der Waals surface area (Å²) in [6, 6.07) is 5.19. The number of hydrogen-bond acceptors (Lipinski definition) is 2. The molecule has 1 aromatic carbocycles. The highest BCUT2D eigenvalue weighted by Gasteiger charge is 2.24. The molecule has 1 aliphatic heterocycles. The monoisotopic (exact) mass is 190 g/mol. The van der Waals surface area contributed by atoms with Gasteiger partial charge in [-0.05, 0) is 50.6 Å². The van der Waals surface area contributed by atoms with E-state index in [1.807, 2.05) is 26.8 Å². The van der Waals surface area contributed by atoms with E-state index in [0.717, 1.165) is 16.9 Å². The average molecular weight is 190 g/mol. The Hall–Kier alpha value is -1.44. The highest BCUT2D eigenvalue weighted by molar-refractivity contribution is 5.72. The molecule has 0 fully saturated rings. The number of phenolic OH excluding ortho intramolecular Hbond substituents is 1. The van der Waals surface area contributed by atoms with E-state index in [9.17, 15) is 5.11 Å². The Labute approximate surface area is 83.8 Å². The van der Waals surface area contributed by atoms with Crippen LogP contribution in [0.3, 0.4) is 0 Å². The summed E-state index contributed by atoms with van der Waals surface area (Å²) in [5.74, 6) is 1.12. The lowest BCUT2D eigenvalue weighted by atomic mass is 9.96. The van der Waals surface area contributed by atoms with E-state index in [2.05, 4.69) is 6.08 Å². The molecule has 0 amide bonds. The van der Waals surface area contributed by atoms with Crippen LogP contribution in [0.4, 0.5) is 0 Å². The minimum Gasteiger partial charge on any atom is -0.508 e. The second kappa shape index (κ2) is 2.77. The van der Waals surface area contributed by atoms with Crippen LogP contribution in [0.1, 0.15) is 26.3 Å². The van der Waals surface area contributed by atoms with Gasteiger partial charge in [-0.3, -0.25) is 0 Å². The third kappa shape index (κ3) is 1.48. The first kappa shape index (κ1) is 9.13. The molecule has 2 rings (SSSR count). The van der Waals surface area contributed by atoms with E-state index >= 15 is 0 Å². The van der Waals surface area contributed by atoms with Gasteiger partial charge in [-0.1, -0.05) is 0 Å². The Morgan fingerprint density at radius 3 is 2.71 bits per heavy atom. The van der Waals surface area contributed by atoms with Gasteiger partial charge in [0.25, 0.3) is 0 Å². The van der Waals surface area contributed by atoms with Gasteiger partial charge in [0.1, 0.15) is 17.1 Å².